The number of benzene rings is 1. The van der Waals surface area contributed by atoms with E-state index >= 15 is 0 Å². The van der Waals surface area contributed by atoms with Crippen molar-refractivity contribution >= 4 is 18.3 Å². The first-order valence-electron chi connectivity index (χ1n) is 7.56. The minimum absolute atomic E-state index is 0. The molecule has 21 heavy (non-hydrogen) atoms. The second-order valence-corrected chi connectivity index (χ2v) is 6.74. The number of carbonyl (C=O) groups is 1. The van der Waals surface area contributed by atoms with Crippen LogP contribution in [-0.2, 0) is 11.2 Å². The van der Waals surface area contributed by atoms with Crippen LogP contribution in [0.2, 0.25) is 0 Å². The summed E-state index contributed by atoms with van der Waals surface area (Å²) >= 11 is 0. The second-order valence-electron chi connectivity index (χ2n) is 6.74. The molecular weight excluding hydrogens is 284 g/mol. The summed E-state index contributed by atoms with van der Waals surface area (Å²) in [6, 6.07) is 9.79. The summed E-state index contributed by atoms with van der Waals surface area (Å²) in [5, 5.41) is 3.11. The molecule has 1 atom stereocenters. The van der Waals surface area contributed by atoms with Crippen LogP contribution in [0.15, 0.2) is 30.3 Å². The molecule has 0 bridgehead atoms. The van der Waals surface area contributed by atoms with E-state index in [0.29, 0.717) is 17.9 Å². The Balaban J connectivity index is 0.00000220. The SMILES string of the molecule is CC1(C)CCC(NC(=O)[C@@H](N)Cc2ccccc2)CC1.Cl. The van der Waals surface area contributed by atoms with Crippen LogP contribution in [0.5, 0.6) is 0 Å². The normalized spacial score (nSPS) is 19.4. The highest BCUT2D eigenvalue weighted by Gasteiger charge is 2.28. The predicted molar refractivity (Wildman–Crippen MR) is 89.5 cm³/mol. The van der Waals surface area contributed by atoms with E-state index in [-0.39, 0.29) is 18.3 Å². The Morgan fingerprint density at radius 3 is 2.43 bits per heavy atom. The highest BCUT2D eigenvalue weighted by atomic mass is 35.5. The summed E-state index contributed by atoms with van der Waals surface area (Å²) in [5.41, 5.74) is 7.54. The fourth-order valence-electron chi connectivity index (χ4n) is 2.81. The standard InChI is InChI=1S/C17H26N2O.ClH/c1-17(2)10-8-14(9-11-17)19-16(20)15(18)12-13-6-4-3-5-7-13;/h3-7,14-15H,8-12,18H2,1-2H3,(H,19,20);1H/t15-;/m0./s1. The van der Waals surface area contributed by atoms with Crippen molar-refractivity contribution in [1.82, 2.24) is 5.32 Å². The topological polar surface area (TPSA) is 55.1 Å². The van der Waals surface area contributed by atoms with Crippen LogP contribution in [0, 0.1) is 5.41 Å². The fraction of sp³-hybridized carbons (Fsp3) is 0.588. The highest BCUT2D eigenvalue weighted by molar-refractivity contribution is 5.85. The van der Waals surface area contributed by atoms with Gasteiger partial charge in [-0.3, -0.25) is 4.79 Å². The van der Waals surface area contributed by atoms with Gasteiger partial charge in [0.05, 0.1) is 6.04 Å². The third-order valence-corrected chi connectivity index (χ3v) is 4.32. The number of carbonyl (C=O) groups excluding carboxylic acids is 1. The van der Waals surface area contributed by atoms with Crippen LogP contribution >= 0.6 is 12.4 Å². The maximum atomic E-state index is 12.1. The van der Waals surface area contributed by atoms with Crippen molar-refractivity contribution in [3.05, 3.63) is 35.9 Å². The summed E-state index contributed by atoms with van der Waals surface area (Å²) in [7, 11) is 0. The highest BCUT2D eigenvalue weighted by Crippen LogP contribution is 2.34. The lowest BCUT2D eigenvalue weighted by molar-refractivity contribution is -0.123. The van der Waals surface area contributed by atoms with E-state index in [1.54, 1.807) is 0 Å². The zero-order valence-electron chi connectivity index (χ0n) is 13.0. The van der Waals surface area contributed by atoms with E-state index in [4.69, 9.17) is 5.73 Å². The van der Waals surface area contributed by atoms with Crippen molar-refractivity contribution in [1.29, 1.82) is 0 Å². The van der Waals surface area contributed by atoms with Gasteiger partial charge in [0.25, 0.3) is 0 Å². The first-order valence-corrected chi connectivity index (χ1v) is 7.56. The second kappa shape index (κ2) is 7.81. The maximum Gasteiger partial charge on any atom is 0.237 e. The molecule has 4 heteroatoms. The third kappa shape index (κ3) is 5.68. The molecule has 0 heterocycles. The molecule has 0 saturated heterocycles. The summed E-state index contributed by atoms with van der Waals surface area (Å²) < 4.78 is 0. The molecule has 1 aliphatic carbocycles. The molecule has 0 spiro atoms. The van der Waals surface area contributed by atoms with Gasteiger partial charge >= 0.3 is 0 Å². The van der Waals surface area contributed by atoms with Gasteiger partial charge in [0.1, 0.15) is 0 Å². The summed E-state index contributed by atoms with van der Waals surface area (Å²) in [5.74, 6) is -0.0152. The molecule has 1 fully saturated rings. The van der Waals surface area contributed by atoms with Gasteiger partial charge in [0.15, 0.2) is 0 Å². The van der Waals surface area contributed by atoms with E-state index in [1.165, 1.54) is 12.8 Å². The lowest BCUT2D eigenvalue weighted by atomic mass is 9.75. The monoisotopic (exact) mass is 310 g/mol. The van der Waals surface area contributed by atoms with Gasteiger partial charge in [-0.05, 0) is 43.1 Å². The number of nitrogens with two attached hydrogens (primary N) is 1. The van der Waals surface area contributed by atoms with Crippen molar-refractivity contribution < 1.29 is 4.79 Å². The number of hydrogen-bond donors (Lipinski definition) is 2. The minimum atomic E-state index is -0.452. The van der Waals surface area contributed by atoms with Gasteiger partial charge < -0.3 is 11.1 Å². The van der Waals surface area contributed by atoms with Crippen LogP contribution in [0.4, 0.5) is 0 Å². The molecule has 3 nitrogen and oxygen atoms in total. The molecule has 0 unspecified atom stereocenters. The number of halogens is 1. The Morgan fingerprint density at radius 2 is 1.86 bits per heavy atom. The van der Waals surface area contributed by atoms with E-state index < -0.39 is 6.04 Å². The van der Waals surface area contributed by atoms with Crippen molar-refractivity contribution in [2.45, 2.75) is 58.0 Å². The molecule has 0 aromatic heterocycles. The van der Waals surface area contributed by atoms with Gasteiger partial charge in [-0.15, -0.1) is 12.4 Å². The quantitative estimate of drug-likeness (QED) is 0.898. The average molecular weight is 311 g/mol. The van der Waals surface area contributed by atoms with Crippen LogP contribution in [0.1, 0.15) is 45.1 Å². The molecule has 3 N–H and O–H groups in total. The third-order valence-electron chi connectivity index (χ3n) is 4.32. The van der Waals surface area contributed by atoms with Crippen LogP contribution in [0.3, 0.4) is 0 Å². The lowest BCUT2D eigenvalue weighted by Crippen LogP contribution is -2.47. The smallest absolute Gasteiger partial charge is 0.237 e. The van der Waals surface area contributed by atoms with Crippen molar-refractivity contribution in [3.8, 4) is 0 Å². The fourth-order valence-corrected chi connectivity index (χ4v) is 2.81. The zero-order chi connectivity index (χ0) is 14.6. The molecule has 118 valence electrons. The molecular formula is C17H27ClN2O. The van der Waals surface area contributed by atoms with E-state index in [0.717, 1.165) is 18.4 Å². The van der Waals surface area contributed by atoms with E-state index in [1.807, 2.05) is 30.3 Å². The molecule has 1 saturated carbocycles. The number of hydrogen-bond acceptors (Lipinski definition) is 2. The zero-order valence-corrected chi connectivity index (χ0v) is 13.8. The lowest BCUT2D eigenvalue weighted by Gasteiger charge is -2.35. The summed E-state index contributed by atoms with van der Waals surface area (Å²) in [6.07, 6.45) is 5.08. The Morgan fingerprint density at radius 1 is 1.29 bits per heavy atom. The molecule has 1 aromatic rings. The Kier molecular flexibility index (Phi) is 6.69. The summed E-state index contributed by atoms with van der Waals surface area (Å²) in [6.45, 7) is 4.60. The first kappa shape index (κ1) is 18.0. The van der Waals surface area contributed by atoms with E-state index in [2.05, 4.69) is 19.2 Å². The van der Waals surface area contributed by atoms with Crippen molar-refractivity contribution in [3.63, 3.8) is 0 Å². The number of amides is 1. The van der Waals surface area contributed by atoms with Gasteiger partial charge in [0.2, 0.25) is 5.91 Å². The van der Waals surface area contributed by atoms with E-state index in [9.17, 15) is 4.79 Å². The minimum Gasteiger partial charge on any atom is -0.352 e. The number of nitrogens with one attached hydrogen (secondary N) is 1. The predicted octanol–water partition coefficient (Wildman–Crippen LogP) is 3.06. The summed E-state index contributed by atoms with van der Waals surface area (Å²) in [4.78, 5) is 12.1. The first-order chi connectivity index (χ1) is 9.46. The van der Waals surface area contributed by atoms with Gasteiger partial charge in [-0.2, -0.15) is 0 Å². The van der Waals surface area contributed by atoms with Crippen molar-refractivity contribution in [2.24, 2.45) is 11.1 Å². The Labute approximate surface area is 134 Å². The molecule has 0 aliphatic heterocycles. The molecule has 2 rings (SSSR count). The maximum absolute atomic E-state index is 12.1. The van der Waals surface area contributed by atoms with Gasteiger partial charge in [-0.25, -0.2) is 0 Å². The molecule has 1 aromatic carbocycles. The molecule has 1 amide bonds. The van der Waals surface area contributed by atoms with Gasteiger partial charge in [-0.1, -0.05) is 44.2 Å². The molecule has 0 radical (unpaired) electrons. The Bertz CT molecular complexity index is 437. The van der Waals surface area contributed by atoms with Crippen molar-refractivity contribution in [2.75, 3.05) is 0 Å². The van der Waals surface area contributed by atoms with Crippen LogP contribution in [0.25, 0.3) is 0 Å². The largest absolute Gasteiger partial charge is 0.352 e. The van der Waals surface area contributed by atoms with Gasteiger partial charge in [0, 0.05) is 6.04 Å². The van der Waals surface area contributed by atoms with Crippen LogP contribution < -0.4 is 11.1 Å². The van der Waals surface area contributed by atoms with Crippen LogP contribution in [-0.4, -0.2) is 18.0 Å². The average Bonchev–Trinajstić information content (AvgIpc) is 2.42. The molecule has 1 aliphatic rings. The number of rotatable bonds is 4. The Hall–Kier alpha value is -1.06.